The first-order chi connectivity index (χ1) is 13.3. The zero-order valence-electron chi connectivity index (χ0n) is 15.5. The molecule has 6 nitrogen and oxygen atoms in total. The van der Waals surface area contributed by atoms with Crippen molar-refractivity contribution in [2.75, 3.05) is 0 Å². The van der Waals surface area contributed by atoms with Crippen molar-refractivity contribution in [3.8, 4) is 0 Å². The van der Waals surface area contributed by atoms with Gasteiger partial charge in [0.05, 0.1) is 0 Å². The van der Waals surface area contributed by atoms with E-state index in [1.165, 1.54) is 12.1 Å². The minimum absolute atomic E-state index is 0.120. The average Bonchev–Trinajstić information content (AvgIpc) is 2.66. The van der Waals surface area contributed by atoms with E-state index in [4.69, 9.17) is 11.6 Å². The van der Waals surface area contributed by atoms with Crippen LogP contribution >= 0.6 is 11.6 Å². The van der Waals surface area contributed by atoms with Gasteiger partial charge in [-0.3, -0.25) is 25.2 Å². The van der Waals surface area contributed by atoms with Gasteiger partial charge < -0.3 is 5.32 Å². The monoisotopic (exact) mass is 405 g/mol. The van der Waals surface area contributed by atoms with Crippen molar-refractivity contribution in [3.63, 3.8) is 0 Å². The molecule has 0 fully saturated rings. The van der Waals surface area contributed by atoms with E-state index in [0.29, 0.717) is 17.0 Å². The molecule has 0 saturated heterocycles. The second kappa shape index (κ2) is 9.85. The van der Waals surface area contributed by atoms with Crippen molar-refractivity contribution in [2.45, 2.75) is 26.3 Å². The van der Waals surface area contributed by atoms with Crippen LogP contribution in [0.3, 0.4) is 0 Å². The third-order valence-corrected chi connectivity index (χ3v) is 4.09. The zero-order chi connectivity index (χ0) is 20.7. The molecule has 0 saturated carbocycles. The molecule has 1 atom stereocenters. The summed E-state index contributed by atoms with van der Waals surface area (Å²) >= 11 is 5.81. The number of hydrogen-bond acceptors (Lipinski definition) is 3. The largest absolute Gasteiger partial charge is 0.340 e. The number of hydrogen-bond donors (Lipinski definition) is 3. The highest BCUT2D eigenvalue weighted by atomic mass is 35.5. The van der Waals surface area contributed by atoms with E-state index in [0.717, 1.165) is 12.1 Å². The Hall–Kier alpha value is -2.93. The molecular formula is C20H21ClFN3O3. The first-order valence-electron chi connectivity index (χ1n) is 8.68. The van der Waals surface area contributed by atoms with Gasteiger partial charge in [-0.05, 0) is 60.9 Å². The number of halogens is 2. The van der Waals surface area contributed by atoms with E-state index >= 15 is 0 Å². The van der Waals surface area contributed by atoms with Crippen LogP contribution in [0.4, 0.5) is 4.39 Å². The maximum Gasteiger partial charge on any atom is 0.269 e. The summed E-state index contributed by atoms with van der Waals surface area (Å²) in [6.45, 7) is 3.82. The molecule has 0 unspecified atom stereocenters. The van der Waals surface area contributed by atoms with Gasteiger partial charge in [0.25, 0.3) is 17.7 Å². The normalized spacial score (nSPS) is 11.6. The molecule has 3 amide bonds. The molecule has 8 heteroatoms. The minimum Gasteiger partial charge on any atom is -0.340 e. The fraction of sp³-hybridized carbons (Fsp3) is 0.250. The second-order valence-corrected chi connectivity index (χ2v) is 7.05. The molecule has 0 heterocycles. The van der Waals surface area contributed by atoms with Gasteiger partial charge in [0.2, 0.25) is 0 Å². The quantitative estimate of drug-likeness (QED) is 0.645. The Bertz CT molecular complexity index is 839. The lowest BCUT2D eigenvalue weighted by Gasteiger charge is -2.20. The molecule has 2 aromatic carbocycles. The molecular weight excluding hydrogens is 385 g/mol. The highest BCUT2D eigenvalue weighted by Crippen LogP contribution is 2.11. The number of benzene rings is 2. The van der Waals surface area contributed by atoms with Gasteiger partial charge in [0.1, 0.15) is 11.9 Å². The van der Waals surface area contributed by atoms with Crippen molar-refractivity contribution >= 4 is 29.3 Å². The van der Waals surface area contributed by atoms with E-state index in [1.54, 1.807) is 24.3 Å². The summed E-state index contributed by atoms with van der Waals surface area (Å²) < 4.78 is 12.9. The fourth-order valence-electron chi connectivity index (χ4n) is 2.42. The third-order valence-electron chi connectivity index (χ3n) is 3.84. The van der Waals surface area contributed by atoms with Crippen molar-refractivity contribution in [3.05, 3.63) is 70.5 Å². The first kappa shape index (κ1) is 21.4. The second-order valence-electron chi connectivity index (χ2n) is 6.61. The summed E-state index contributed by atoms with van der Waals surface area (Å²) in [6.07, 6.45) is 0.373. The van der Waals surface area contributed by atoms with Crippen LogP contribution in [0.2, 0.25) is 5.02 Å². The molecule has 148 valence electrons. The maximum atomic E-state index is 12.9. The van der Waals surface area contributed by atoms with Crippen LogP contribution in [0.25, 0.3) is 0 Å². The number of rotatable bonds is 6. The highest BCUT2D eigenvalue weighted by Gasteiger charge is 2.23. The van der Waals surface area contributed by atoms with Crippen LogP contribution in [-0.2, 0) is 4.79 Å². The van der Waals surface area contributed by atoms with Gasteiger partial charge in [-0.1, -0.05) is 25.4 Å². The SMILES string of the molecule is CC(C)C[C@H](NC(=O)c1ccc(Cl)cc1)C(=O)NNC(=O)c1ccc(F)cc1. The maximum absolute atomic E-state index is 12.9. The average molecular weight is 406 g/mol. The molecule has 2 aromatic rings. The Kier molecular flexibility index (Phi) is 7.52. The van der Waals surface area contributed by atoms with Crippen molar-refractivity contribution < 1.29 is 18.8 Å². The number of amides is 3. The molecule has 0 spiro atoms. The van der Waals surface area contributed by atoms with Crippen LogP contribution in [0, 0.1) is 11.7 Å². The Balaban J connectivity index is 1.99. The van der Waals surface area contributed by atoms with E-state index in [1.807, 2.05) is 13.8 Å². The van der Waals surface area contributed by atoms with Crippen LogP contribution in [0.1, 0.15) is 41.0 Å². The predicted molar refractivity (Wildman–Crippen MR) is 104 cm³/mol. The summed E-state index contributed by atoms with van der Waals surface area (Å²) in [5.41, 5.74) is 5.11. The number of hydrazine groups is 1. The summed E-state index contributed by atoms with van der Waals surface area (Å²) in [5, 5.41) is 3.16. The predicted octanol–water partition coefficient (Wildman–Crippen LogP) is 3.08. The molecule has 0 bridgehead atoms. The lowest BCUT2D eigenvalue weighted by Crippen LogP contribution is -2.52. The van der Waals surface area contributed by atoms with Crippen LogP contribution in [0.5, 0.6) is 0 Å². The highest BCUT2D eigenvalue weighted by molar-refractivity contribution is 6.30. The summed E-state index contributed by atoms with van der Waals surface area (Å²) in [5.74, 6) is -1.94. The van der Waals surface area contributed by atoms with Gasteiger partial charge in [-0.15, -0.1) is 0 Å². The molecule has 0 aliphatic carbocycles. The van der Waals surface area contributed by atoms with Gasteiger partial charge in [0.15, 0.2) is 0 Å². The van der Waals surface area contributed by atoms with Crippen LogP contribution in [0.15, 0.2) is 48.5 Å². The van der Waals surface area contributed by atoms with Gasteiger partial charge >= 0.3 is 0 Å². The zero-order valence-corrected chi connectivity index (χ0v) is 16.2. The van der Waals surface area contributed by atoms with E-state index in [-0.39, 0.29) is 11.5 Å². The molecule has 0 aliphatic rings. The van der Waals surface area contributed by atoms with Crippen molar-refractivity contribution in [1.82, 2.24) is 16.2 Å². The molecule has 28 heavy (non-hydrogen) atoms. The fourth-order valence-corrected chi connectivity index (χ4v) is 2.55. The molecule has 3 N–H and O–H groups in total. The summed E-state index contributed by atoms with van der Waals surface area (Å²) in [6, 6.07) is 10.3. The van der Waals surface area contributed by atoms with Crippen LogP contribution < -0.4 is 16.2 Å². The third kappa shape index (κ3) is 6.35. The molecule has 0 aliphatic heterocycles. The Morgan fingerprint density at radius 2 is 1.43 bits per heavy atom. The Morgan fingerprint density at radius 3 is 2.00 bits per heavy atom. The van der Waals surface area contributed by atoms with E-state index in [9.17, 15) is 18.8 Å². The lowest BCUT2D eigenvalue weighted by atomic mass is 10.0. The number of carbonyl (C=O) groups excluding carboxylic acids is 3. The molecule has 0 aromatic heterocycles. The van der Waals surface area contributed by atoms with Gasteiger partial charge in [-0.25, -0.2) is 4.39 Å². The Labute approximate surface area is 167 Å². The lowest BCUT2D eigenvalue weighted by molar-refractivity contribution is -0.124. The summed E-state index contributed by atoms with van der Waals surface area (Å²) in [7, 11) is 0. The number of carbonyl (C=O) groups is 3. The Morgan fingerprint density at radius 1 is 0.893 bits per heavy atom. The standard InChI is InChI=1S/C20H21ClFN3O3/c1-12(2)11-17(23-18(26)13-3-7-15(21)8-4-13)20(28)25-24-19(27)14-5-9-16(22)10-6-14/h3-10,12,17H,11H2,1-2H3,(H,23,26)(H,24,27)(H,25,28)/t17-/m0/s1. The van der Waals surface area contributed by atoms with E-state index < -0.39 is 29.6 Å². The van der Waals surface area contributed by atoms with Crippen LogP contribution in [-0.4, -0.2) is 23.8 Å². The minimum atomic E-state index is -0.850. The van der Waals surface area contributed by atoms with E-state index in [2.05, 4.69) is 16.2 Å². The summed E-state index contributed by atoms with van der Waals surface area (Å²) in [4.78, 5) is 36.9. The van der Waals surface area contributed by atoms with Crippen molar-refractivity contribution in [2.24, 2.45) is 5.92 Å². The number of nitrogens with one attached hydrogen (secondary N) is 3. The van der Waals surface area contributed by atoms with Crippen molar-refractivity contribution in [1.29, 1.82) is 0 Å². The first-order valence-corrected chi connectivity index (χ1v) is 9.06. The topological polar surface area (TPSA) is 87.3 Å². The smallest absolute Gasteiger partial charge is 0.269 e. The molecule has 2 rings (SSSR count). The molecule has 0 radical (unpaired) electrons. The van der Waals surface area contributed by atoms with Gasteiger partial charge in [0, 0.05) is 16.1 Å². The van der Waals surface area contributed by atoms with Gasteiger partial charge in [-0.2, -0.15) is 0 Å².